The molecule has 0 saturated carbocycles. The van der Waals surface area contributed by atoms with E-state index in [2.05, 4.69) is 26.1 Å². The first-order chi connectivity index (χ1) is 13.6. The number of benzene rings is 2. The molecule has 144 valence electrons. The Hall–Kier alpha value is -2.67. The maximum atomic E-state index is 12.4. The third kappa shape index (κ3) is 3.94. The average molecular weight is 442 g/mol. The molecular formula is C21H20BrN3O3. The van der Waals surface area contributed by atoms with Gasteiger partial charge in [-0.1, -0.05) is 45.4 Å². The Morgan fingerprint density at radius 2 is 2.11 bits per heavy atom. The minimum absolute atomic E-state index is 0.100. The van der Waals surface area contributed by atoms with Crippen molar-refractivity contribution in [3.05, 3.63) is 64.5 Å². The van der Waals surface area contributed by atoms with Crippen molar-refractivity contribution in [1.29, 1.82) is 0 Å². The Balaban J connectivity index is 1.56. The summed E-state index contributed by atoms with van der Waals surface area (Å²) in [6.45, 7) is 3.05. The van der Waals surface area contributed by atoms with Gasteiger partial charge in [0.2, 0.25) is 17.6 Å². The lowest BCUT2D eigenvalue weighted by molar-refractivity contribution is -0.129. The van der Waals surface area contributed by atoms with Gasteiger partial charge in [0.15, 0.2) is 0 Å². The summed E-state index contributed by atoms with van der Waals surface area (Å²) in [6, 6.07) is 15.3. The lowest BCUT2D eigenvalue weighted by Crippen LogP contribution is -2.27. The molecule has 1 aliphatic rings. The van der Waals surface area contributed by atoms with E-state index in [9.17, 15) is 4.79 Å². The Morgan fingerprint density at radius 3 is 2.93 bits per heavy atom. The van der Waals surface area contributed by atoms with Crippen LogP contribution < -0.4 is 4.74 Å². The predicted octanol–water partition coefficient (Wildman–Crippen LogP) is 4.76. The molecule has 0 aliphatic carbocycles. The smallest absolute Gasteiger partial charge is 0.249 e. The second-order valence-electron chi connectivity index (χ2n) is 6.62. The Bertz CT molecular complexity index is 988. The molecule has 0 N–H and O–H groups in total. The second kappa shape index (κ2) is 8.14. The average Bonchev–Trinajstić information content (AvgIpc) is 3.30. The first-order valence-electron chi connectivity index (χ1n) is 9.25. The fraction of sp³-hybridized carbons (Fsp3) is 0.286. The van der Waals surface area contributed by atoms with Gasteiger partial charge in [0, 0.05) is 23.0 Å². The van der Waals surface area contributed by atoms with Gasteiger partial charge in [-0.15, -0.1) is 0 Å². The van der Waals surface area contributed by atoms with Gasteiger partial charge in [-0.25, -0.2) is 0 Å². The molecule has 3 aromatic rings. The van der Waals surface area contributed by atoms with Gasteiger partial charge < -0.3 is 14.2 Å². The number of rotatable bonds is 6. The van der Waals surface area contributed by atoms with Crippen molar-refractivity contribution in [2.75, 3.05) is 6.61 Å². The van der Waals surface area contributed by atoms with Crippen LogP contribution in [0.15, 0.2) is 57.5 Å². The topological polar surface area (TPSA) is 68.5 Å². The van der Waals surface area contributed by atoms with Crippen molar-refractivity contribution in [3.8, 4) is 17.1 Å². The molecule has 28 heavy (non-hydrogen) atoms. The predicted molar refractivity (Wildman–Crippen MR) is 108 cm³/mol. The van der Waals surface area contributed by atoms with Crippen molar-refractivity contribution < 1.29 is 14.1 Å². The molecular weight excluding hydrogens is 422 g/mol. The number of hydrogen-bond acceptors (Lipinski definition) is 5. The zero-order valence-electron chi connectivity index (χ0n) is 15.5. The number of carbonyl (C=O) groups excluding carboxylic acids is 1. The van der Waals surface area contributed by atoms with Gasteiger partial charge in [-0.3, -0.25) is 4.79 Å². The summed E-state index contributed by atoms with van der Waals surface area (Å²) < 4.78 is 12.1. The Morgan fingerprint density at radius 1 is 1.25 bits per heavy atom. The minimum Gasteiger partial charge on any atom is -0.494 e. The van der Waals surface area contributed by atoms with Crippen LogP contribution in [-0.2, 0) is 11.3 Å². The number of amides is 1. The van der Waals surface area contributed by atoms with Gasteiger partial charge in [-0.05, 0) is 43.2 Å². The van der Waals surface area contributed by atoms with Crippen LogP contribution in [-0.4, -0.2) is 27.6 Å². The van der Waals surface area contributed by atoms with E-state index in [1.54, 1.807) is 0 Å². The van der Waals surface area contributed by atoms with Crippen molar-refractivity contribution >= 4 is 21.8 Å². The zero-order chi connectivity index (χ0) is 19.5. The number of ether oxygens (including phenoxy) is 1. The number of carbonyl (C=O) groups is 1. The lowest BCUT2D eigenvalue weighted by atomic mass is 10.1. The van der Waals surface area contributed by atoms with Crippen molar-refractivity contribution in [1.82, 2.24) is 15.0 Å². The van der Waals surface area contributed by atoms with Crippen LogP contribution in [0.4, 0.5) is 0 Å². The van der Waals surface area contributed by atoms with E-state index in [4.69, 9.17) is 9.26 Å². The third-order valence-corrected chi connectivity index (χ3v) is 5.19. The van der Waals surface area contributed by atoms with Crippen molar-refractivity contribution in [2.45, 2.75) is 32.4 Å². The van der Waals surface area contributed by atoms with Crippen LogP contribution >= 0.6 is 15.9 Å². The Kier molecular flexibility index (Phi) is 5.43. The number of nitrogens with zero attached hydrogens (tertiary/aromatic N) is 3. The molecule has 1 aromatic heterocycles. The van der Waals surface area contributed by atoms with E-state index < -0.39 is 0 Å². The van der Waals surface area contributed by atoms with E-state index in [-0.39, 0.29) is 11.9 Å². The fourth-order valence-corrected chi connectivity index (χ4v) is 3.85. The minimum atomic E-state index is -0.206. The lowest BCUT2D eigenvalue weighted by Gasteiger charge is -2.22. The molecule has 0 bridgehead atoms. The number of aromatic nitrogens is 2. The highest BCUT2D eigenvalue weighted by molar-refractivity contribution is 9.10. The number of likely N-dealkylation sites (tertiary alicyclic amines) is 1. The summed E-state index contributed by atoms with van der Waals surface area (Å²) in [5.41, 5.74) is 1.88. The van der Waals surface area contributed by atoms with Gasteiger partial charge in [0.1, 0.15) is 11.8 Å². The fourth-order valence-electron chi connectivity index (χ4n) is 3.40. The molecule has 6 nitrogen and oxygen atoms in total. The highest BCUT2D eigenvalue weighted by Crippen LogP contribution is 2.34. The normalized spacial score (nSPS) is 16.6. The van der Waals surface area contributed by atoms with E-state index in [1.165, 1.54) is 0 Å². The van der Waals surface area contributed by atoms with Gasteiger partial charge in [0.25, 0.3) is 0 Å². The first-order valence-corrected chi connectivity index (χ1v) is 10.0. The summed E-state index contributed by atoms with van der Waals surface area (Å²) in [7, 11) is 0. The zero-order valence-corrected chi connectivity index (χ0v) is 17.1. The third-order valence-electron chi connectivity index (χ3n) is 4.70. The van der Waals surface area contributed by atoms with Gasteiger partial charge >= 0.3 is 0 Å². The molecule has 2 heterocycles. The highest BCUT2D eigenvalue weighted by Gasteiger charge is 2.36. The molecule has 7 heteroatoms. The Labute approximate surface area is 171 Å². The van der Waals surface area contributed by atoms with Gasteiger partial charge in [-0.2, -0.15) is 4.98 Å². The SMILES string of the molecule is CCOc1cccc(-c2noc(C3CCC(=O)N3Cc3cccc(Br)c3)n2)c1. The maximum Gasteiger partial charge on any atom is 0.249 e. The summed E-state index contributed by atoms with van der Waals surface area (Å²) in [4.78, 5) is 18.8. The first kappa shape index (κ1) is 18.7. The largest absolute Gasteiger partial charge is 0.494 e. The van der Waals surface area contributed by atoms with E-state index >= 15 is 0 Å². The standard InChI is InChI=1S/C21H20BrN3O3/c1-2-27-17-8-4-6-15(12-17)20-23-21(28-24-20)18-9-10-19(26)25(18)13-14-5-3-7-16(22)11-14/h3-8,11-12,18H,2,9-10,13H2,1H3. The number of halogens is 1. The van der Waals surface area contributed by atoms with E-state index in [0.29, 0.717) is 37.7 Å². The molecule has 0 spiro atoms. The monoisotopic (exact) mass is 441 g/mol. The van der Waals surface area contributed by atoms with Crippen LogP contribution in [0.5, 0.6) is 5.75 Å². The van der Waals surface area contributed by atoms with Crippen molar-refractivity contribution in [2.24, 2.45) is 0 Å². The van der Waals surface area contributed by atoms with E-state index in [1.807, 2.05) is 60.4 Å². The molecule has 1 saturated heterocycles. The second-order valence-corrected chi connectivity index (χ2v) is 7.54. The molecule has 1 aliphatic heterocycles. The van der Waals surface area contributed by atoms with Crippen LogP contribution in [0.25, 0.3) is 11.4 Å². The molecule has 4 rings (SSSR count). The van der Waals surface area contributed by atoms with Crippen LogP contribution in [0.1, 0.15) is 37.3 Å². The molecule has 1 amide bonds. The van der Waals surface area contributed by atoms with Crippen molar-refractivity contribution in [3.63, 3.8) is 0 Å². The van der Waals surface area contributed by atoms with Gasteiger partial charge in [0.05, 0.1) is 6.61 Å². The van der Waals surface area contributed by atoms with Crippen LogP contribution in [0, 0.1) is 0 Å². The highest BCUT2D eigenvalue weighted by atomic mass is 79.9. The summed E-state index contributed by atoms with van der Waals surface area (Å²) >= 11 is 3.48. The molecule has 1 unspecified atom stereocenters. The molecule has 1 fully saturated rings. The maximum absolute atomic E-state index is 12.4. The summed E-state index contributed by atoms with van der Waals surface area (Å²) in [6.07, 6.45) is 1.16. The summed E-state index contributed by atoms with van der Waals surface area (Å²) in [5.74, 6) is 1.83. The summed E-state index contributed by atoms with van der Waals surface area (Å²) in [5, 5.41) is 4.13. The number of hydrogen-bond donors (Lipinski definition) is 0. The molecule has 1 atom stereocenters. The molecule has 2 aromatic carbocycles. The van der Waals surface area contributed by atoms with E-state index in [0.717, 1.165) is 21.3 Å². The quantitative estimate of drug-likeness (QED) is 0.551. The van der Waals surface area contributed by atoms with Crippen LogP contribution in [0.2, 0.25) is 0 Å². The van der Waals surface area contributed by atoms with Crippen LogP contribution in [0.3, 0.4) is 0 Å². The molecule has 0 radical (unpaired) electrons.